The van der Waals surface area contributed by atoms with Crippen LogP contribution in [-0.2, 0) is 23.2 Å². The van der Waals surface area contributed by atoms with Crippen molar-refractivity contribution in [2.75, 3.05) is 27.2 Å². The Kier molecular flexibility index (Phi) is 5.69. The van der Waals surface area contributed by atoms with Crippen LogP contribution in [0.5, 0.6) is 0 Å². The molecule has 0 amide bonds. The van der Waals surface area contributed by atoms with E-state index in [4.69, 9.17) is 4.98 Å². The minimum atomic E-state index is -3.31. The van der Waals surface area contributed by atoms with Crippen LogP contribution in [0.4, 0.5) is 0 Å². The average Bonchev–Trinajstić information content (AvgIpc) is 3.11. The molecule has 0 bridgehead atoms. The van der Waals surface area contributed by atoms with Gasteiger partial charge < -0.3 is 0 Å². The molecule has 26 heavy (non-hydrogen) atoms. The van der Waals surface area contributed by atoms with E-state index >= 15 is 0 Å². The Balaban J connectivity index is 1.65. The van der Waals surface area contributed by atoms with Crippen molar-refractivity contribution in [3.63, 3.8) is 0 Å². The van der Waals surface area contributed by atoms with E-state index in [1.165, 1.54) is 4.31 Å². The van der Waals surface area contributed by atoms with Gasteiger partial charge in [0.2, 0.25) is 0 Å². The molecule has 3 heterocycles. The van der Waals surface area contributed by atoms with Gasteiger partial charge in [0.1, 0.15) is 5.69 Å². The molecule has 2 aromatic heterocycles. The van der Waals surface area contributed by atoms with Crippen molar-refractivity contribution >= 4 is 10.2 Å². The van der Waals surface area contributed by atoms with Crippen LogP contribution in [-0.4, -0.2) is 64.0 Å². The molecule has 0 radical (unpaired) electrons. The van der Waals surface area contributed by atoms with E-state index < -0.39 is 10.2 Å². The van der Waals surface area contributed by atoms with Gasteiger partial charge in [0.25, 0.3) is 10.2 Å². The molecular weight excluding hydrogens is 352 g/mol. The van der Waals surface area contributed by atoms with Crippen LogP contribution in [0.3, 0.4) is 0 Å². The lowest BCUT2D eigenvalue weighted by molar-refractivity contribution is 0.261. The van der Waals surface area contributed by atoms with Crippen LogP contribution in [0.25, 0.3) is 11.4 Å². The summed E-state index contributed by atoms with van der Waals surface area (Å²) in [5.41, 5.74) is 2.74. The maximum atomic E-state index is 12.2. The van der Waals surface area contributed by atoms with Crippen molar-refractivity contribution in [2.45, 2.75) is 32.7 Å². The van der Waals surface area contributed by atoms with Gasteiger partial charge in [-0.1, -0.05) is 0 Å². The van der Waals surface area contributed by atoms with Crippen LogP contribution in [0.1, 0.15) is 25.5 Å². The molecule has 1 saturated heterocycles. The zero-order chi connectivity index (χ0) is 18.7. The highest BCUT2D eigenvalue weighted by Gasteiger charge is 2.29. The fourth-order valence-electron chi connectivity index (χ4n) is 3.30. The summed E-state index contributed by atoms with van der Waals surface area (Å²) in [7, 11) is -0.165. The Morgan fingerprint density at radius 3 is 2.62 bits per heavy atom. The number of piperidine rings is 1. The molecule has 0 atom stereocenters. The first kappa shape index (κ1) is 18.9. The minimum absolute atomic E-state index is 0.421. The normalized spacial score (nSPS) is 17.1. The molecule has 0 aliphatic carbocycles. The first-order valence-corrected chi connectivity index (χ1v) is 10.3. The van der Waals surface area contributed by atoms with Gasteiger partial charge in [-0.15, -0.1) is 0 Å². The fourth-order valence-corrected chi connectivity index (χ4v) is 4.44. The van der Waals surface area contributed by atoms with E-state index in [0.717, 1.165) is 42.9 Å². The Labute approximate surface area is 155 Å². The molecule has 0 spiro atoms. The predicted octanol–water partition coefficient (Wildman–Crippen LogP) is 1.42. The third-order valence-electron chi connectivity index (χ3n) is 4.82. The Morgan fingerprint density at radius 2 is 1.96 bits per heavy atom. The molecular formula is C17H26N6O2S. The van der Waals surface area contributed by atoms with Crippen LogP contribution >= 0.6 is 0 Å². The minimum Gasteiger partial charge on any atom is -0.264 e. The van der Waals surface area contributed by atoms with Gasteiger partial charge in [0.15, 0.2) is 0 Å². The van der Waals surface area contributed by atoms with E-state index in [-0.39, 0.29) is 0 Å². The molecule has 0 aromatic carbocycles. The first-order valence-electron chi connectivity index (χ1n) is 8.92. The largest absolute Gasteiger partial charge is 0.281 e. The molecule has 0 saturated carbocycles. The standard InChI is InChI=1S/C17H26N6O2S/c1-4-23-17(5-8-19-23)16-13-18-12-15(20-16)11-14-6-9-22(10-7-14)26(24,25)21(2)3/h5,8,12-14H,4,6-7,9-11H2,1-3H3. The van der Waals surface area contributed by atoms with Crippen LogP contribution < -0.4 is 0 Å². The second-order valence-electron chi connectivity index (χ2n) is 6.76. The summed E-state index contributed by atoms with van der Waals surface area (Å²) in [4.78, 5) is 9.09. The lowest BCUT2D eigenvalue weighted by Crippen LogP contribution is -2.44. The summed E-state index contributed by atoms with van der Waals surface area (Å²) in [5.74, 6) is 0.421. The van der Waals surface area contributed by atoms with Gasteiger partial charge >= 0.3 is 0 Å². The number of aromatic nitrogens is 4. The Morgan fingerprint density at radius 1 is 1.23 bits per heavy atom. The third kappa shape index (κ3) is 3.94. The van der Waals surface area contributed by atoms with E-state index in [1.54, 1.807) is 37.0 Å². The van der Waals surface area contributed by atoms with Gasteiger partial charge in [0.05, 0.1) is 17.6 Å². The molecule has 8 nitrogen and oxygen atoms in total. The molecule has 1 fully saturated rings. The number of nitrogens with zero attached hydrogens (tertiary/aromatic N) is 6. The number of aryl methyl sites for hydroxylation is 1. The van der Waals surface area contributed by atoms with Crippen molar-refractivity contribution in [3.05, 3.63) is 30.4 Å². The lowest BCUT2D eigenvalue weighted by atomic mass is 9.93. The van der Waals surface area contributed by atoms with E-state index in [9.17, 15) is 8.42 Å². The Hall–Kier alpha value is -1.84. The highest BCUT2D eigenvalue weighted by atomic mass is 32.2. The van der Waals surface area contributed by atoms with Gasteiger partial charge in [-0.25, -0.2) is 4.98 Å². The van der Waals surface area contributed by atoms with Crippen molar-refractivity contribution in [2.24, 2.45) is 5.92 Å². The van der Waals surface area contributed by atoms with E-state index in [1.807, 2.05) is 17.7 Å². The maximum absolute atomic E-state index is 12.2. The number of hydrogen-bond acceptors (Lipinski definition) is 5. The second-order valence-corrected chi connectivity index (χ2v) is 8.91. The molecule has 2 aromatic rings. The molecule has 142 valence electrons. The summed E-state index contributed by atoms with van der Waals surface area (Å²) in [6.45, 7) is 3.94. The SMILES string of the molecule is CCn1nccc1-c1cncc(CC2CCN(S(=O)(=O)N(C)C)CC2)n1. The van der Waals surface area contributed by atoms with Crippen LogP contribution in [0.2, 0.25) is 0 Å². The van der Waals surface area contributed by atoms with Crippen molar-refractivity contribution < 1.29 is 8.42 Å². The smallest absolute Gasteiger partial charge is 0.264 e. The maximum Gasteiger partial charge on any atom is 0.281 e. The Bertz CT molecular complexity index is 840. The van der Waals surface area contributed by atoms with E-state index in [0.29, 0.717) is 19.0 Å². The summed E-state index contributed by atoms with van der Waals surface area (Å²) in [6, 6.07) is 1.95. The number of hydrogen-bond donors (Lipinski definition) is 0. The average molecular weight is 379 g/mol. The molecule has 0 N–H and O–H groups in total. The summed E-state index contributed by atoms with van der Waals surface area (Å²) in [5, 5.41) is 4.28. The van der Waals surface area contributed by atoms with Crippen LogP contribution in [0, 0.1) is 5.92 Å². The monoisotopic (exact) mass is 378 g/mol. The molecule has 0 unspecified atom stereocenters. The van der Waals surface area contributed by atoms with Gasteiger partial charge in [-0.05, 0) is 38.2 Å². The quantitative estimate of drug-likeness (QED) is 0.759. The number of rotatable bonds is 6. The van der Waals surface area contributed by atoms with Gasteiger partial charge in [0, 0.05) is 46.1 Å². The van der Waals surface area contributed by atoms with Gasteiger partial charge in [-0.2, -0.15) is 22.1 Å². The molecule has 9 heteroatoms. The highest BCUT2D eigenvalue weighted by molar-refractivity contribution is 7.86. The van der Waals surface area contributed by atoms with Crippen molar-refractivity contribution in [3.8, 4) is 11.4 Å². The zero-order valence-corrected chi connectivity index (χ0v) is 16.4. The lowest BCUT2D eigenvalue weighted by Gasteiger charge is -2.32. The summed E-state index contributed by atoms with van der Waals surface area (Å²) >= 11 is 0. The predicted molar refractivity (Wildman–Crippen MR) is 99.5 cm³/mol. The third-order valence-corrected chi connectivity index (χ3v) is 6.76. The highest BCUT2D eigenvalue weighted by Crippen LogP contribution is 2.24. The van der Waals surface area contributed by atoms with Crippen molar-refractivity contribution in [1.82, 2.24) is 28.4 Å². The molecule has 1 aliphatic rings. The van der Waals surface area contributed by atoms with Crippen molar-refractivity contribution in [1.29, 1.82) is 0 Å². The summed E-state index contributed by atoms with van der Waals surface area (Å²) < 4.78 is 29.2. The summed E-state index contributed by atoms with van der Waals surface area (Å²) in [6.07, 6.45) is 7.83. The second kappa shape index (κ2) is 7.81. The molecule has 3 rings (SSSR count). The first-order chi connectivity index (χ1) is 12.4. The van der Waals surface area contributed by atoms with Crippen LogP contribution in [0.15, 0.2) is 24.7 Å². The topological polar surface area (TPSA) is 84.2 Å². The molecule has 1 aliphatic heterocycles. The zero-order valence-electron chi connectivity index (χ0n) is 15.5. The van der Waals surface area contributed by atoms with E-state index in [2.05, 4.69) is 10.1 Å². The van der Waals surface area contributed by atoms with Gasteiger partial charge in [-0.3, -0.25) is 9.67 Å². The fraction of sp³-hybridized carbons (Fsp3) is 0.588.